The molecule has 0 amide bonds. The maximum absolute atomic E-state index is 13.9. The summed E-state index contributed by atoms with van der Waals surface area (Å²) in [7, 11) is -3.22. The SMILES string of the molecule is O=S(=O)(CC=CC1CCC1)N1CC(c2ccc3c(c2)C(Cc2cccc(F)c2)C(N2CCC2)C3)C1. The van der Waals surface area contributed by atoms with Gasteiger partial charge in [0, 0.05) is 31.0 Å². The molecule has 2 heterocycles. The van der Waals surface area contributed by atoms with E-state index in [0.29, 0.717) is 31.0 Å². The van der Waals surface area contributed by atoms with E-state index in [0.717, 1.165) is 31.5 Å². The highest BCUT2D eigenvalue weighted by Gasteiger charge is 2.40. The predicted molar refractivity (Wildman–Crippen MR) is 138 cm³/mol. The molecule has 2 aliphatic carbocycles. The summed E-state index contributed by atoms with van der Waals surface area (Å²) in [5, 5.41) is 0. The van der Waals surface area contributed by atoms with Crippen molar-refractivity contribution >= 4 is 10.0 Å². The normalized spacial score (nSPS) is 25.9. The minimum absolute atomic E-state index is 0.119. The van der Waals surface area contributed by atoms with Crippen LogP contribution in [0.2, 0.25) is 0 Å². The van der Waals surface area contributed by atoms with Gasteiger partial charge >= 0.3 is 0 Å². The van der Waals surface area contributed by atoms with Crippen LogP contribution in [0, 0.1) is 11.7 Å². The second kappa shape index (κ2) is 9.45. The number of nitrogens with zero attached hydrogens (tertiary/aromatic N) is 2. The Labute approximate surface area is 208 Å². The minimum atomic E-state index is -3.22. The molecule has 4 aliphatic rings. The molecule has 2 saturated heterocycles. The van der Waals surface area contributed by atoms with Crippen molar-refractivity contribution in [2.75, 3.05) is 31.9 Å². The van der Waals surface area contributed by atoms with Gasteiger partial charge < -0.3 is 0 Å². The lowest BCUT2D eigenvalue weighted by Crippen LogP contribution is -2.49. The fraction of sp³-hybridized carbons (Fsp3) is 0.517. The number of hydrogen-bond donors (Lipinski definition) is 0. The Kier molecular flexibility index (Phi) is 6.32. The van der Waals surface area contributed by atoms with Gasteiger partial charge in [-0.1, -0.05) is 48.9 Å². The van der Waals surface area contributed by atoms with Gasteiger partial charge in [0.25, 0.3) is 0 Å². The summed E-state index contributed by atoms with van der Waals surface area (Å²) in [6.07, 6.45) is 10.7. The molecule has 0 aromatic heterocycles. The monoisotopic (exact) mass is 494 g/mol. The standard InChI is InChI=1S/C29H35FN2O2S/c30-26-9-2-7-22(15-26)16-28-27-17-23(10-11-24(27)18-29(28)31-12-4-13-31)25-19-32(20-25)35(33,34)14-3-8-21-5-1-6-21/h2-3,7-11,15,17,21,25,28-29H,1,4-6,12-14,16,18-20H2. The van der Waals surface area contributed by atoms with E-state index in [-0.39, 0.29) is 17.5 Å². The molecule has 2 aromatic carbocycles. The van der Waals surface area contributed by atoms with Crippen LogP contribution in [0.25, 0.3) is 0 Å². The molecule has 4 nitrogen and oxygen atoms in total. The van der Waals surface area contributed by atoms with Crippen LogP contribution in [0.1, 0.15) is 59.8 Å². The molecule has 2 atom stereocenters. The Morgan fingerprint density at radius 2 is 1.86 bits per heavy atom. The molecule has 2 aliphatic heterocycles. The third-order valence-corrected chi connectivity index (χ3v) is 10.4. The number of benzene rings is 2. The number of likely N-dealkylation sites (tertiary alicyclic amines) is 1. The van der Waals surface area contributed by atoms with E-state index in [9.17, 15) is 12.8 Å². The van der Waals surface area contributed by atoms with Gasteiger partial charge in [-0.3, -0.25) is 4.90 Å². The number of hydrogen-bond acceptors (Lipinski definition) is 3. The van der Waals surface area contributed by atoms with E-state index < -0.39 is 10.0 Å². The highest BCUT2D eigenvalue weighted by molar-refractivity contribution is 7.89. The molecule has 0 radical (unpaired) electrons. The van der Waals surface area contributed by atoms with E-state index in [2.05, 4.69) is 29.2 Å². The predicted octanol–water partition coefficient (Wildman–Crippen LogP) is 4.87. The second-order valence-electron chi connectivity index (χ2n) is 11.0. The zero-order valence-electron chi connectivity index (χ0n) is 20.3. The molecule has 0 bridgehead atoms. The van der Waals surface area contributed by atoms with Crippen LogP contribution in [-0.2, 0) is 22.9 Å². The van der Waals surface area contributed by atoms with Crippen molar-refractivity contribution in [1.29, 1.82) is 0 Å². The van der Waals surface area contributed by atoms with Crippen molar-refractivity contribution in [3.05, 3.63) is 82.7 Å². The maximum Gasteiger partial charge on any atom is 0.217 e. The summed E-state index contributed by atoms with van der Waals surface area (Å²) in [4.78, 5) is 2.58. The molecule has 2 unspecified atom stereocenters. The van der Waals surface area contributed by atoms with Gasteiger partial charge in [0.15, 0.2) is 0 Å². The van der Waals surface area contributed by atoms with Crippen LogP contribution in [0.5, 0.6) is 0 Å². The molecule has 2 aromatic rings. The van der Waals surface area contributed by atoms with Gasteiger partial charge in [-0.25, -0.2) is 17.1 Å². The molecular formula is C29H35FN2O2S. The van der Waals surface area contributed by atoms with Gasteiger partial charge in [-0.15, -0.1) is 0 Å². The van der Waals surface area contributed by atoms with E-state index in [1.807, 2.05) is 12.1 Å². The van der Waals surface area contributed by atoms with Gasteiger partial charge in [-0.2, -0.15) is 0 Å². The van der Waals surface area contributed by atoms with Crippen molar-refractivity contribution in [1.82, 2.24) is 9.21 Å². The summed E-state index contributed by atoms with van der Waals surface area (Å²) in [5.74, 6) is 1.13. The molecule has 6 heteroatoms. The molecular weight excluding hydrogens is 459 g/mol. The van der Waals surface area contributed by atoms with E-state index >= 15 is 0 Å². The Bertz CT molecular complexity index is 1210. The molecule has 1 saturated carbocycles. The summed E-state index contributed by atoms with van der Waals surface area (Å²) < 4.78 is 41.0. The topological polar surface area (TPSA) is 40.6 Å². The first kappa shape index (κ1) is 23.4. The first-order chi connectivity index (χ1) is 17.0. The van der Waals surface area contributed by atoms with E-state index in [1.54, 1.807) is 16.4 Å². The third kappa shape index (κ3) is 4.73. The quantitative estimate of drug-likeness (QED) is 0.492. The van der Waals surface area contributed by atoms with Crippen molar-refractivity contribution < 1.29 is 12.8 Å². The molecule has 6 rings (SSSR count). The van der Waals surface area contributed by atoms with Crippen LogP contribution < -0.4 is 0 Å². The van der Waals surface area contributed by atoms with Crippen LogP contribution in [0.15, 0.2) is 54.6 Å². The number of sulfonamides is 1. The van der Waals surface area contributed by atoms with Crippen LogP contribution in [0.4, 0.5) is 4.39 Å². The first-order valence-electron chi connectivity index (χ1n) is 13.2. The summed E-state index contributed by atoms with van der Waals surface area (Å²) in [6, 6.07) is 14.3. The van der Waals surface area contributed by atoms with E-state index in [4.69, 9.17) is 0 Å². The minimum Gasteiger partial charge on any atom is -0.299 e. The summed E-state index contributed by atoms with van der Waals surface area (Å²) >= 11 is 0. The number of rotatable bonds is 8. The Balaban J connectivity index is 1.16. The van der Waals surface area contributed by atoms with Crippen molar-refractivity contribution in [3.8, 4) is 0 Å². The second-order valence-corrected chi connectivity index (χ2v) is 13.0. The fourth-order valence-corrected chi connectivity index (χ4v) is 7.56. The molecule has 0 N–H and O–H groups in total. The highest BCUT2D eigenvalue weighted by Crippen LogP contribution is 2.42. The van der Waals surface area contributed by atoms with Crippen LogP contribution >= 0.6 is 0 Å². The lowest BCUT2D eigenvalue weighted by atomic mass is 9.85. The average Bonchev–Trinajstić information content (AvgIpc) is 3.04. The van der Waals surface area contributed by atoms with Gasteiger partial charge in [0.05, 0.1) is 5.75 Å². The zero-order valence-corrected chi connectivity index (χ0v) is 21.1. The van der Waals surface area contributed by atoms with Crippen LogP contribution in [-0.4, -0.2) is 55.6 Å². The average molecular weight is 495 g/mol. The maximum atomic E-state index is 13.9. The Hall–Kier alpha value is -2.02. The van der Waals surface area contributed by atoms with Gasteiger partial charge in [0.2, 0.25) is 10.0 Å². The fourth-order valence-electron chi connectivity index (χ4n) is 6.18. The number of allylic oxidation sites excluding steroid dienone is 1. The molecule has 186 valence electrons. The summed E-state index contributed by atoms with van der Waals surface area (Å²) in [5.41, 5.74) is 5.08. The van der Waals surface area contributed by atoms with Gasteiger partial charge in [0.1, 0.15) is 5.82 Å². The van der Waals surface area contributed by atoms with E-state index in [1.165, 1.54) is 48.4 Å². The largest absolute Gasteiger partial charge is 0.299 e. The van der Waals surface area contributed by atoms with Crippen molar-refractivity contribution in [3.63, 3.8) is 0 Å². The Morgan fingerprint density at radius 3 is 2.54 bits per heavy atom. The molecule has 3 fully saturated rings. The van der Waals surface area contributed by atoms with Crippen LogP contribution in [0.3, 0.4) is 0 Å². The van der Waals surface area contributed by atoms with Gasteiger partial charge in [-0.05, 0) is 85.5 Å². The zero-order chi connectivity index (χ0) is 24.0. The molecule has 35 heavy (non-hydrogen) atoms. The van der Waals surface area contributed by atoms with Crippen molar-refractivity contribution in [2.24, 2.45) is 5.92 Å². The lowest BCUT2D eigenvalue weighted by molar-refractivity contribution is 0.106. The number of fused-ring (bicyclic) bond motifs is 1. The molecule has 0 spiro atoms. The Morgan fingerprint density at radius 1 is 1.03 bits per heavy atom. The lowest BCUT2D eigenvalue weighted by Gasteiger charge is -2.40. The smallest absolute Gasteiger partial charge is 0.217 e. The number of halogens is 1. The first-order valence-corrected chi connectivity index (χ1v) is 14.8. The highest BCUT2D eigenvalue weighted by atomic mass is 32.2. The van der Waals surface area contributed by atoms with Crippen molar-refractivity contribution in [2.45, 2.75) is 56.4 Å². The summed E-state index contributed by atoms with van der Waals surface area (Å²) in [6.45, 7) is 3.44. The third-order valence-electron chi connectivity index (χ3n) is 8.74.